The second-order valence-corrected chi connectivity index (χ2v) is 3.85. The molecule has 0 fully saturated rings. The van der Waals surface area contributed by atoms with E-state index < -0.39 is 6.09 Å². The van der Waals surface area contributed by atoms with E-state index >= 15 is 0 Å². The predicted octanol–water partition coefficient (Wildman–Crippen LogP) is 2.36. The third kappa shape index (κ3) is 3.84. The first-order chi connectivity index (χ1) is 9.29. The average Bonchev–Trinajstić information content (AvgIpc) is 2.44. The predicted molar refractivity (Wildman–Crippen MR) is 72.3 cm³/mol. The summed E-state index contributed by atoms with van der Waals surface area (Å²) in [6.07, 6.45) is 1.33. The highest BCUT2D eigenvalue weighted by Crippen LogP contribution is 2.18. The van der Waals surface area contributed by atoms with Gasteiger partial charge in [-0.25, -0.2) is 4.79 Å². The van der Waals surface area contributed by atoms with Crippen molar-refractivity contribution < 1.29 is 14.3 Å². The molecule has 2 aromatic rings. The van der Waals surface area contributed by atoms with Crippen LogP contribution in [0.15, 0.2) is 36.5 Å². The Morgan fingerprint density at radius 3 is 3.11 bits per heavy atom. The zero-order valence-electron chi connectivity index (χ0n) is 10.8. The van der Waals surface area contributed by atoms with Gasteiger partial charge in [0.15, 0.2) is 0 Å². The van der Waals surface area contributed by atoms with Gasteiger partial charge in [-0.1, -0.05) is 6.07 Å². The van der Waals surface area contributed by atoms with Crippen LogP contribution in [0.2, 0.25) is 0 Å². The molecule has 1 aromatic heterocycles. The Labute approximate surface area is 111 Å². The molecular formula is C14H16N2O3. The van der Waals surface area contributed by atoms with E-state index in [4.69, 9.17) is 9.47 Å². The molecule has 5 nitrogen and oxygen atoms in total. The van der Waals surface area contributed by atoms with Crippen LogP contribution >= 0.6 is 0 Å². The highest BCUT2D eigenvalue weighted by atomic mass is 16.5. The lowest BCUT2D eigenvalue weighted by Gasteiger charge is -2.08. The number of nitrogens with one attached hydrogen (secondary N) is 1. The standard InChI is InChI=1S/C14H16N2O3/c1-2-18-14(17)16-8-9-19-12-5-6-13-11(10-12)4-3-7-15-13/h3-7,10H,2,8-9H2,1H3,(H,16,17). The molecule has 0 saturated heterocycles. The van der Waals surface area contributed by atoms with Crippen LogP contribution in [-0.2, 0) is 4.74 Å². The van der Waals surface area contributed by atoms with Crippen LogP contribution in [0.5, 0.6) is 5.75 Å². The molecule has 1 amide bonds. The Morgan fingerprint density at radius 1 is 1.37 bits per heavy atom. The number of amides is 1. The van der Waals surface area contributed by atoms with Gasteiger partial charge in [-0.3, -0.25) is 4.98 Å². The molecule has 0 saturated carbocycles. The quantitative estimate of drug-likeness (QED) is 0.838. The summed E-state index contributed by atoms with van der Waals surface area (Å²) in [6.45, 7) is 2.93. The van der Waals surface area contributed by atoms with Crippen LogP contribution < -0.4 is 10.1 Å². The fourth-order valence-corrected chi connectivity index (χ4v) is 1.65. The minimum Gasteiger partial charge on any atom is -0.492 e. The molecule has 0 unspecified atom stereocenters. The highest BCUT2D eigenvalue weighted by molar-refractivity contribution is 5.79. The number of benzene rings is 1. The second kappa shape index (κ2) is 6.58. The van der Waals surface area contributed by atoms with Crippen molar-refractivity contribution in [2.24, 2.45) is 0 Å². The number of nitrogens with zero attached hydrogens (tertiary/aromatic N) is 1. The molecule has 1 aromatic carbocycles. The zero-order chi connectivity index (χ0) is 13.5. The van der Waals surface area contributed by atoms with Crippen molar-refractivity contribution >= 4 is 17.0 Å². The summed E-state index contributed by atoms with van der Waals surface area (Å²) in [5, 5.41) is 3.62. The largest absolute Gasteiger partial charge is 0.492 e. The van der Waals surface area contributed by atoms with Gasteiger partial charge in [-0.2, -0.15) is 0 Å². The molecule has 1 N–H and O–H groups in total. The summed E-state index contributed by atoms with van der Waals surface area (Å²) in [7, 11) is 0. The molecule has 100 valence electrons. The summed E-state index contributed by atoms with van der Waals surface area (Å²) in [4.78, 5) is 15.3. The molecule has 0 aliphatic heterocycles. The normalized spacial score (nSPS) is 10.2. The van der Waals surface area contributed by atoms with Gasteiger partial charge < -0.3 is 14.8 Å². The van der Waals surface area contributed by atoms with Gasteiger partial charge in [-0.15, -0.1) is 0 Å². The lowest BCUT2D eigenvalue weighted by molar-refractivity contribution is 0.150. The summed E-state index contributed by atoms with van der Waals surface area (Å²) in [5.41, 5.74) is 0.930. The number of rotatable bonds is 5. The maximum Gasteiger partial charge on any atom is 0.407 e. The molecule has 0 aliphatic carbocycles. The molecule has 0 radical (unpaired) electrons. The van der Waals surface area contributed by atoms with Crippen molar-refractivity contribution in [2.45, 2.75) is 6.92 Å². The molecule has 0 bridgehead atoms. The molecule has 5 heteroatoms. The highest BCUT2D eigenvalue weighted by Gasteiger charge is 2.00. The van der Waals surface area contributed by atoms with E-state index in [9.17, 15) is 4.79 Å². The third-order valence-electron chi connectivity index (χ3n) is 2.49. The number of alkyl carbamates (subject to hydrolysis) is 1. The number of carbonyl (C=O) groups excluding carboxylic acids is 1. The minimum atomic E-state index is -0.422. The van der Waals surface area contributed by atoms with Gasteiger partial charge in [0.25, 0.3) is 0 Å². The number of hydrogen-bond acceptors (Lipinski definition) is 4. The molecule has 19 heavy (non-hydrogen) atoms. The maximum atomic E-state index is 11.0. The number of pyridine rings is 1. The van der Waals surface area contributed by atoms with Gasteiger partial charge in [0.1, 0.15) is 12.4 Å². The molecular weight excluding hydrogens is 244 g/mol. The second-order valence-electron chi connectivity index (χ2n) is 3.85. The van der Waals surface area contributed by atoms with Crippen molar-refractivity contribution in [3.8, 4) is 5.75 Å². The van der Waals surface area contributed by atoms with Crippen LogP contribution in [-0.4, -0.2) is 30.8 Å². The summed E-state index contributed by atoms with van der Waals surface area (Å²) >= 11 is 0. The van der Waals surface area contributed by atoms with Gasteiger partial charge in [0, 0.05) is 11.6 Å². The first-order valence-corrected chi connectivity index (χ1v) is 6.18. The van der Waals surface area contributed by atoms with E-state index in [0.717, 1.165) is 16.7 Å². The molecule has 2 rings (SSSR count). The summed E-state index contributed by atoms with van der Waals surface area (Å²) in [5.74, 6) is 0.756. The topological polar surface area (TPSA) is 60.5 Å². The van der Waals surface area contributed by atoms with Crippen LogP contribution in [0.25, 0.3) is 10.9 Å². The smallest absolute Gasteiger partial charge is 0.407 e. The van der Waals surface area contributed by atoms with E-state index in [0.29, 0.717) is 19.8 Å². The zero-order valence-corrected chi connectivity index (χ0v) is 10.8. The number of ether oxygens (including phenoxy) is 2. The van der Waals surface area contributed by atoms with Crippen molar-refractivity contribution in [3.05, 3.63) is 36.5 Å². The summed E-state index contributed by atoms with van der Waals surface area (Å²) < 4.78 is 10.3. The first kappa shape index (κ1) is 13.1. The number of carbonyl (C=O) groups is 1. The van der Waals surface area contributed by atoms with E-state index in [1.807, 2.05) is 30.3 Å². The monoisotopic (exact) mass is 260 g/mol. The molecule has 0 spiro atoms. The molecule has 1 heterocycles. The van der Waals surface area contributed by atoms with Gasteiger partial charge in [0.2, 0.25) is 0 Å². The summed E-state index contributed by atoms with van der Waals surface area (Å²) in [6, 6.07) is 9.55. The maximum absolute atomic E-state index is 11.0. The minimum absolute atomic E-state index is 0.365. The average molecular weight is 260 g/mol. The first-order valence-electron chi connectivity index (χ1n) is 6.18. The van der Waals surface area contributed by atoms with Crippen LogP contribution in [0.3, 0.4) is 0 Å². The van der Waals surface area contributed by atoms with Crippen molar-refractivity contribution in [1.29, 1.82) is 0 Å². The Morgan fingerprint density at radius 2 is 2.26 bits per heavy atom. The lowest BCUT2D eigenvalue weighted by Crippen LogP contribution is -2.28. The van der Waals surface area contributed by atoms with Crippen LogP contribution in [0, 0.1) is 0 Å². The molecule has 0 aliphatic rings. The van der Waals surface area contributed by atoms with E-state index in [1.54, 1.807) is 13.1 Å². The Kier molecular flexibility index (Phi) is 4.55. The number of fused-ring (bicyclic) bond motifs is 1. The van der Waals surface area contributed by atoms with Crippen molar-refractivity contribution in [2.75, 3.05) is 19.8 Å². The number of hydrogen-bond donors (Lipinski definition) is 1. The van der Waals surface area contributed by atoms with E-state index in [-0.39, 0.29) is 0 Å². The Hall–Kier alpha value is -2.30. The van der Waals surface area contributed by atoms with Gasteiger partial charge >= 0.3 is 6.09 Å². The third-order valence-corrected chi connectivity index (χ3v) is 2.49. The van der Waals surface area contributed by atoms with Crippen molar-refractivity contribution in [1.82, 2.24) is 10.3 Å². The lowest BCUT2D eigenvalue weighted by atomic mass is 10.2. The van der Waals surface area contributed by atoms with E-state index in [2.05, 4.69) is 10.3 Å². The van der Waals surface area contributed by atoms with Crippen LogP contribution in [0.4, 0.5) is 4.79 Å². The van der Waals surface area contributed by atoms with Gasteiger partial charge in [-0.05, 0) is 31.2 Å². The Balaban J connectivity index is 1.83. The Bertz CT molecular complexity index is 557. The SMILES string of the molecule is CCOC(=O)NCCOc1ccc2ncccc2c1. The van der Waals surface area contributed by atoms with Crippen molar-refractivity contribution in [3.63, 3.8) is 0 Å². The van der Waals surface area contributed by atoms with E-state index in [1.165, 1.54) is 0 Å². The van der Waals surface area contributed by atoms with Crippen LogP contribution in [0.1, 0.15) is 6.92 Å². The fourth-order valence-electron chi connectivity index (χ4n) is 1.65. The fraction of sp³-hybridized carbons (Fsp3) is 0.286. The number of aromatic nitrogens is 1. The molecule has 0 atom stereocenters. The van der Waals surface area contributed by atoms with Gasteiger partial charge in [0.05, 0.1) is 18.7 Å².